The van der Waals surface area contributed by atoms with Gasteiger partial charge in [-0.05, 0) is 17.4 Å². The Morgan fingerprint density at radius 3 is 2.15 bits per heavy atom. The molecule has 0 aliphatic rings. The maximum atomic E-state index is 12.5. The molecule has 3 atom stereocenters. The molecule has 1 aromatic carbocycles. The molecule has 0 fully saturated rings. The maximum Gasteiger partial charge on any atom is 0.408 e. The van der Waals surface area contributed by atoms with Crippen LogP contribution >= 0.6 is 0 Å². The van der Waals surface area contributed by atoms with Crippen molar-refractivity contribution in [2.24, 2.45) is 11.8 Å². The highest BCUT2D eigenvalue weighted by atomic mass is 16.5. The van der Waals surface area contributed by atoms with Gasteiger partial charge in [0.1, 0.15) is 18.7 Å². The Balaban J connectivity index is 2.71. The molecule has 26 heavy (non-hydrogen) atoms. The monoisotopic (exact) mass is 364 g/mol. The molecule has 1 aromatic rings. The normalized spacial score (nSPS) is 14.2. The number of ether oxygens (including phenoxy) is 1. The summed E-state index contributed by atoms with van der Waals surface area (Å²) in [4.78, 5) is 35.9. The third-order valence-electron chi connectivity index (χ3n) is 4.21. The number of amides is 2. The zero-order chi connectivity index (χ0) is 19.7. The molecule has 2 amide bonds. The van der Waals surface area contributed by atoms with E-state index in [0.29, 0.717) is 6.42 Å². The minimum atomic E-state index is -1.11. The average molecular weight is 364 g/mol. The van der Waals surface area contributed by atoms with Crippen LogP contribution in [0.4, 0.5) is 4.79 Å². The summed E-state index contributed by atoms with van der Waals surface area (Å²) in [6.45, 7) is 7.20. The van der Waals surface area contributed by atoms with Gasteiger partial charge in [0.15, 0.2) is 0 Å². The summed E-state index contributed by atoms with van der Waals surface area (Å²) >= 11 is 0. The van der Waals surface area contributed by atoms with E-state index in [1.165, 1.54) is 0 Å². The summed E-state index contributed by atoms with van der Waals surface area (Å²) in [5.74, 6) is -2.10. The molecule has 0 saturated carbocycles. The summed E-state index contributed by atoms with van der Waals surface area (Å²) in [6, 6.07) is 7.30. The first kappa shape index (κ1) is 21.5. The summed E-state index contributed by atoms with van der Waals surface area (Å²) in [5.41, 5.74) is 0.831. The molecule has 0 aliphatic heterocycles. The van der Waals surface area contributed by atoms with E-state index < -0.39 is 30.1 Å². The van der Waals surface area contributed by atoms with E-state index in [1.54, 1.807) is 13.8 Å². The molecule has 7 heteroatoms. The van der Waals surface area contributed by atoms with Crippen molar-refractivity contribution in [1.29, 1.82) is 0 Å². The number of carboxylic acids is 1. The highest BCUT2D eigenvalue weighted by Gasteiger charge is 2.31. The zero-order valence-corrected chi connectivity index (χ0v) is 15.7. The lowest BCUT2D eigenvalue weighted by atomic mass is 9.97. The van der Waals surface area contributed by atoms with Gasteiger partial charge < -0.3 is 20.5 Å². The maximum absolute atomic E-state index is 12.5. The standard InChI is InChI=1S/C19H28N2O5/c1-5-13(4)16(17(22)20-15(12(2)3)18(23)24)21-19(25)26-11-14-9-7-6-8-10-14/h6-10,12-13,15-16H,5,11H2,1-4H3,(H,20,22)(H,21,25)(H,23,24)/t13?,15-,16-/m1/s1. The van der Waals surface area contributed by atoms with Crippen molar-refractivity contribution in [3.05, 3.63) is 35.9 Å². The fourth-order valence-electron chi connectivity index (χ4n) is 2.35. The Hall–Kier alpha value is -2.57. The van der Waals surface area contributed by atoms with Gasteiger partial charge in [0.2, 0.25) is 5.91 Å². The van der Waals surface area contributed by atoms with Gasteiger partial charge in [-0.15, -0.1) is 0 Å². The Morgan fingerprint density at radius 1 is 1.04 bits per heavy atom. The third kappa shape index (κ3) is 6.74. The summed E-state index contributed by atoms with van der Waals surface area (Å²) in [6.07, 6.45) is -0.0815. The number of benzene rings is 1. The van der Waals surface area contributed by atoms with Gasteiger partial charge in [0.25, 0.3) is 0 Å². The average Bonchev–Trinajstić information content (AvgIpc) is 2.61. The number of carboxylic acid groups (broad SMARTS) is 1. The van der Waals surface area contributed by atoms with Gasteiger partial charge in [0.05, 0.1) is 0 Å². The second kappa shape index (κ2) is 10.4. The third-order valence-corrected chi connectivity index (χ3v) is 4.21. The van der Waals surface area contributed by atoms with E-state index in [9.17, 15) is 19.5 Å². The molecule has 0 bridgehead atoms. The topological polar surface area (TPSA) is 105 Å². The predicted molar refractivity (Wildman–Crippen MR) is 97.4 cm³/mol. The van der Waals surface area contributed by atoms with Crippen LogP contribution in [0.2, 0.25) is 0 Å². The van der Waals surface area contributed by atoms with Gasteiger partial charge in [-0.3, -0.25) is 4.79 Å². The van der Waals surface area contributed by atoms with Crippen molar-refractivity contribution in [2.75, 3.05) is 0 Å². The van der Waals surface area contributed by atoms with Crippen molar-refractivity contribution in [2.45, 2.75) is 52.8 Å². The van der Waals surface area contributed by atoms with Crippen LogP contribution in [-0.4, -0.2) is 35.2 Å². The number of hydrogen-bond acceptors (Lipinski definition) is 4. The quantitative estimate of drug-likeness (QED) is 0.625. The highest BCUT2D eigenvalue weighted by molar-refractivity contribution is 5.89. The molecular formula is C19H28N2O5. The number of carbonyl (C=O) groups is 3. The highest BCUT2D eigenvalue weighted by Crippen LogP contribution is 2.11. The van der Waals surface area contributed by atoms with E-state index in [-0.39, 0.29) is 18.4 Å². The van der Waals surface area contributed by atoms with Crippen LogP contribution in [-0.2, 0) is 20.9 Å². The van der Waals surface area contributed by atoms with Crippen LogP contribution in [0, 0.1) is 11.8 Å². The van der Waals surface area contributed by atoms with Crippen molar-refractivity contribution < 1.29 is 24.2 Å². The number of nitrogens with one attached hydrogen (secondary N) is 2. The number of carbonyl (C=O) groups excluding carboxylic acids is 2. The second-order valence-electron chi connectivity index (χ2n) is 6.64. The van der Waals surface area contributed by atoms with Gasteiger partial charge in [-0.1, -0.05) is 64.4 Å². The van der Waals surface area contributed by atoms with Gasteiger partial charge in [0, 0.05) is 0 Å². The van der Waals surface area contributed by atoms with Crippen LogP contribution < -0.4 is 10.6 Å². The minimum absolute atomic E-state index is 0.0886. The molecule has 0 aromatic heterocycles. The van der Waals surface area contributed by atoms with Crippen molar-refractivity contribution in [3.8, 4) is 0 Å². The van der Waals surface area contributed by atoms with Crippen molar-refractivity contribution in [1.82, 2.24) is 10.6 Å². The molecule has 7 nitrogen and oxygen atoms in total. The van der Waals surface area contributed by atoms with Crippen LogP contribution in [0.5, 0.6) is 0 Å². The lowest BCUT2D eigenvalue weighted by Gasteiger charge is -2.26. The Kier molecular flexibility index (Phi) is 8.61. The van der Waals surface area contributed by atoms with E-state index in [0.717, 1.165) is 5.56 Å². The molecule has 3 N–H and O–H groups in total. The van der Waals surface area contributed by atoms with E-state index in [1.807, 2.05) is 44.2 Å². The molecule has 0 radical (unpaired) electrons. The molecule has 0 aliphatic carbocycles. The molecule has 0 spiro atoms. The number of alkyl carbamates (subject to hydrolysis) is 1. The first-order valence-electron chi connectivity index (χ1n) is 8.76. The van der Waals surface area contributed by atoms with Crippen LogP contribution in [0.1, 0.15) is 39.7 Å². The Bertz CT molecular complexity index is 603. The lowest BCUT2D eigenvalue weighted by Crippen LogP contribution is -2.55. The minimum Gasteiger partial charge on any atom is -0.480 e. The Morgan fingerprint density at radius 2 is 1.65 bits per heavy atom. The number of aliphatic carboxylic acids is 1. The predicted octanol–water partition coefficient (Wildman–Crippen LogP) is 2.55. The van der Waals surface area contributed by atoms with E-state index >= 15 is 0 Å². The first-order valence-corrected chi connectivity index (χ1v) is 8.76. The fourth-order valence-corrected chi connectivity index (χ4v) is 2.35. The molecule has 0 saturated heterocycles. The number of rotatable bonds is 9. The smallest absolute Gasteiger partial charge is 0.408 e. The van der Waals surface area contributed by atoms with E-state index in [2.05, 4.69) is 10.6 Å². The zero-order valence-electron chi connectivity index (χ0n) is 15.7. The first-order chi connectivity index (χ1) is 12.3. The molecule has 1 rings (SSSR count). The van der Waals surface area contributed by atoms with Gasteiger partial charge in [-0.2, -0.15) is 0 Å². The van der Waals surface area contributed by atoms with Crippen LogP contribution in [0.15, 0.2) is 30.3 Å². The molecule has 0 heterocycles. The van der Waals surface area contributed by atoms with Crippen molar-refractivity contribution in [3.63, 3.8) is 0 Å². The van der Waals surface area contributed by atoms with Gasteiger partial charge >= 0.3 is 12.1 Å². The molecular weight excluding hydrogens is 336 g/mol. The van der Waals surface area contributed by atoms with Crippen LogP contribution in [0.25, 0.3) is 0 Å². The largest absolute Gasteiger partial charge is 0.480 e. The summed E-state index contributed by atoms with van der Waals surface area (Å²) in [5, 5.41) is 14.3. The van der Waals surface area contributed by atoms with E-state index in [4.69, 9.17) is 4.74 Å². The summed E-state index contributed by atoms with van der Waals surface area (Å²) in [7, 11) is 0. The number of hydrogen-bond donors (Lipinski definition) is 3. The van der Waals surface area contributed by atoms with Crippen LogP contribution in [0.3, 0.4) is 0 Å². The van der Waals surface area contributed by atoms with Gasteiger partial charge in [-0.25, -0.2) is 9.59 Å². The fraction of sp³-hybridized carbons (Fsp3) is 0.526. The lowest BCUT2D eigenvalue weighted by molar-refractivity contribution is -0.143. The van der Waals surface area contributed by atoms with Crippen molar-refractivity contribution >= 4 is 18.0 Å². The molecule has 1 unspecified atom stereocenters. The Labute approximate surface area is 154 Å². The second-order valence-corrected chi connectivity index (χ2v) is 6.64. The SMILES string of the molecule is CCC(C)[C@@H](NC(=O)OCc1ccccc1)C(=O)N[C@@H](C(=O)O)C(C)C. The molecule has 144 valence electrons. The summed E-state index contributed by atoms with van der Waals surface area (Å²) < 4.78 is 5.16.